The predicted molar refractivity (Wildman–Crippen MR) is 90.8 cm³/mol. The van der Waals surface area contributed by atoms with Gasteiger partial charge in [-0.2, -0.15) is 0 Å². The number of benzene rings is 1. The van der Waals surface area contributed by atoms with Gasteiger partial charge in [0, 0.05) is 26.3 Å². The molecular weight excluding hydrogens is 314 g/mol. The molecule has 1 fully saturated rings. The predicted octanol–water partition coefficient (Wildman–Crippen LogP) is 1.61. The van der Waals surface area contributed by atoms with Crippen LogP contribution in [-0.2, 0) is 14.8 Å². The van der Waals surface area contributed by atoms with Gasteiger partial charge >= 0.3 is 0 Å². The summed E-state index contributed by atoms with van der Waals surface area (Å²) in [7, 11) is -0.457. The molecule has 23 heavy (non-hydrogen) atoms. The van der Waals surface area contributed by atoms with Crippen molar-refractivity contribution < 1.29 is 13.2 Å². The van der Waals surface area contributed by atoms with Gasteiger partial charge in [0.05, 0.1) is 11.4 Å². The summed E-state index contributed by atoms with van der Waals surface area (Å²) in [5, 5.41) is 2.82. The highest BCUT2D eigenvalue weighted by Crippen LogP contribution is 2.17. The van der Waals surface area contributed by atoms with Crippen molar-refractivity contribution >= 4 is 21.6 Å². The molecule has 7 heteroatoms. The monoisotopic (exact) mass is 339 g/mol. The first kappa shape index (κ1) is 17.9. The molecule has 1 heterocycles. The number of nitrogens with one attached hydrogen (secondary N) is 1. The summed E-state index contributed by atoms with van der Waals surface area (Å²) in [4.78, 5) is 14.5. The summed E-state index contributed by atoms with van der Waals surface area (Å²) in [5.41, 5.74) is 0.609. The first-order chi connectivity index (χ1) is 10.8. The van der Waals surface area contributed by atoms with Crippen molar-refractivity contribution in [2.24, 2.45) is 5.92 Å². The van der Waals surface area contributed by atoms with Crippen molar-refractivity contribution in [1.29, 1.82) is 0 Å². The highest BCUT2D eigenvalue weighted by atomic mass is 32.2. The molecular formula is C16H25N3O3S. The van der Waals surface area contributed by atoms with Crippen molar-refractivity contribution in [1.82, 2.24) is 9.21 Å². The molecule has 1 aliphatic heterocycles. The Kier molecular flexibility index (Phi) is 5.78. The second-order valence-electron chi connectivity index (χ2n) is 6.34. The van der Waals surface area contributed by atoms with E-state index in [9.17, 15) is 13.2 Å². The van der Waals surface area contributed by atoms with Crippen molar-refractivity contribution in [2.75, 3.05) is 39.0 Å². The van der Waals surface area contributed by atoms with E-state index in [-0.39, 0.29) is 10.8 Å². The Bertz CT molecular complexity index is 641. The minimum atomic E-state index is -3.44. The van der Waals surface area contributed by atoms with Gasteiger partial charge in [0.25, 0.3) is 0 Å². The molecule has 2 rings (SSSR count). The van der Waals surface area contributed by atoms with Crippen molar-refractivity contribution in [3.05, 3.63) is 24.3 Å². The van der Waals surface area contributed by atoms with E-state index in [2.05, 4.69) is 17.1 Å². The second kappa shape index (κ2) is 7.42. The first-order valence-electron chi connectivity index (χ1n) is 7.84. The number of piperidine rings is 1. The van der Waals surface area contributed by atoms with E-state index >= 15 is 0 Å². The molecule has 1 amide bonds. The normalized spacial score (nSPS) is 19.7. The second-order valence-corrected chi connectivity index (χ2v) is 8.49. The highest BCUT2D eigenvalue weighted by molar-refractivity contribution is 7.89. The topological polar surface area (TPSA) is 69.7 Å². The highest BCUT2D eigenvalue weighted by Gasteiger charge is 2.19. The summed E-state index contributed by atoms with van der Waals surface area (Å²) in [6.07, 6.45) is 2.35. The van der Waals surface area contributed by atoms with Gasteiger partial charge in [-0.15, -0.1) is 0 Å². The Morgan fingerprint density at radius 2 is 1.96 bits per heavy atom. The fraction of sp³-hybridized carbons (Fsp3) is 0.562. The fourth-order valence-corrected chi connectivity index (χ4v) is 3.66. The number of hydrogen-bond donors (Lipinski definition) is 1. The van der Waals surface area contributed by atoms with Gasteiger partial charge < -0.3 is 5.32 Å². The average Bonchev–Trinajstić information content (AvgIpc) is 2.47. The number of anilines is 1. The molecule has 1 N–H and O–H groups in total. The lowest BCUT2D eigenvalue weighted by atomic mass is 10.0. The molecule has 1 saturated heterocycles. The largest absolute Gasteiger partial charge is 0.325 e. The van der Waals surface area contributed by atoms with Crippen LogP contribution in [0.4, 0.5) is 5.69 Å². The molecule has 6 nitrogen and oxygen atoms in total. The van der Waals surface area contributed by atoms with Crippen LogP contribution in [0.25, 0.3) is 0 Å². The SMILES string of the molecule is C[C@H]1CCCN(CC(=O)Nc2ccc(S(=O)(=O)N(C)C)cc2)C1. The van der Waals surface area contributed by atoms with Crippen LogP contribution >= 0.6 is 0 Å². The smallest absolute Gasteiger partial charge is 0.242 e. The molecule has 0 aromatic heterocycles. The van der Waals surface area contributed by atoms with Crippen LogP contribution in [0.2, 0.25) is 0 Å². The maximum atomic E-state index is 12.1. The number of hydrogen-bond acceptors (Lipinski definition) is 4. The standard InChI is InChI=1S/C16H25N3O3S/c1-13-5-4-10-19(11-13)12-16(20)17-14-6-8-15(9-7-14)23(21,22)18(2)3/h6-9,13H,4-5,10-12H2,1-3H3,(H,17,20)/t13-/m0/s1. The van der Waals surface area contributed by atoms with Gasteiger partial charge in [-0.1, -0.05) is 6.92 Å². The lowest BCUT2D eigenvalue weighted by Gasteiger charge is -2.30. The number of sulfonamides is 1. The van der Waals surface area contributed by atoms with Crippen LogP contribution in [0.5, 0.6) is 0 Å². The Hall–Kier alpha value is -1.44. The number of carbonyl (C=O) groups is 1. The average molecular weight is 339 g/mol. The summed E-state index contributed by atoms with van der Waals surface area (Å²) >= 11 is 0. The first-order valence-corrected chi connectivity index (χ1v) is 9.28. The molecule has 0 aliphatic carbocycles. The molecule has 0 bridgehead atoms. The molecule has 1 aromatic rings. The zero-order valence-corrected chi connectivity index (χ0v) is 14.8. The number of rotatable bonds is 5. The molecule has 1 aromatic carbocycles. The van der Waals surface area contributed by atoms with Gasteiger partial charge in [0.1, 0.15) is 0 Å². The maximum absolute atomic E-state index is 12.1. The number of likely N-dealkylation sites (tertiary alicyclic amines) is 1. The van der Waals surface area contributed by atoms with E-state index in [0.717, 1.165) is 23.8 Å². The summed E-state index contributed by atoms with van der Waals surface area (Å²) in [6, 6.07) is 6.25. The van der Waals surface area contributed by atoms with E-state index in [1.54, 1.807) is 12.1 Å². The molecule has 128 valence electrons. The maximum Gasteiger partial charge on any atom is 0.242 e. The van der Waals surface area contributed by atoms with E-state index in [4.69, 9.17) is 0 Å². The molecule has 0 unspecified atom stereocenters. The van der Waals surface area contributed by atoms with E-state index < -0.39 is 10.0 Å². The third kappa shape index (κ3) is 4.76. The van der Waals surface area contributed by atoms with Gasteiger partial charge in [0.2, 0.25) is 15.9 Å². The van der Waals surface area contributed by atoms with Crippen LogP contribution in [0, 0.1) is 5.92 Å². The third-order valence-corrected chi connectivity index (χ3v) is 5.85. The zero-order valence-electron chi connectivity index (χ0n) is 13.9. The van der Waals surface area contributed by atoms with Crippen LogP contribution in [0.1, 0.15) is 19.8 Å². The van der Waals surface area contributed by atoms with Crippen LogP contribution < -0.4 is 5.32 Å². The fourth-order valence-electron chi connectivity index (χ4n) is 2.75. The van der Waals surface area contributed by atoms with Gasteiger partial charge in [-0.3, -0.25) is 9.69 Å². The van der Waals surface area contributed by atoms with Crippen molar-refractivity contribution in [2.45, 2.75) is 24.7 Å². The minimum absolute atomic E-state index is 0.0673. The summed E-state index contributed by atoms with van der Waals surface area (Å²) in [6.45, 7) is 4.49. The molecule has 0 saturated carbocycles. The Balaban J connectivity index is 1.94. The van der Waals surface area contributed by atoms with Crippen molar-refractivity contribution in [3.8, 4) is 0 Å². The minimum Gasteiger partial charge on any atom is -0.325 e. The van der Waals surface area contributed by atoms with E-state index in [1.165, 1.54) is 32.6 Å². The van der Waals surface area contributed by atoms with Crippen LogP contribution in [0.3, 0.4) is 0 Å². The van der Waals surface area contributed by atoms with Gasteiger partial charge in [-0.05, 0) is 49.6 Å². The van der Waals surface area contributed by atoms with Gasteiger partial charge in [0.15, 0.2) is 0 Å². The third-order valence-electron chi connectivity index (χ3n) is 4.03. The lowest BCUT2D eigenvalue weighted by molar-refractivity contribution is -0.117. The molecule has 1 atom stereocenters. The quantitative estimate of drug-likeness (QED) is 0.885. The number of amides is 1. The molecule has 0 radical (unpaired) electrons. The number of nitrogens with zero attached hydrogens (tertiary/aromatic N) is 2. The lowest BCUT2D eigenvalue weighted by Crippen LogP contribution is -2.39. The van der Waals surface area contributed by atoms with Crippen LogP contribution in [-0.4, -0.2) is 57.3 Å². The summed E-state index contributed by atoms with van der Waals surface area (Å²) in [5.74, 6) is 0.564. The van der Waals surface area contributed by atoms with Gasteiger partial charge in [-0.25, -0.2) is 12.7 Å². The number of carbonyl (C=O) groups excluding carboxylic acids is 1. The van der Waals surface area contributed by atoms with E-state index in [0.29, 0.717) is 18.2 Å². The molecule has 1 aliphatic rings. The zero-order chi connectivity index (χ0) is 17.0. The summed E-state index contributed by atoms with van der Waals surface area (Å²) < 4.78 is 25.1. The van der Waals surface area contributed by atoms with Crippen LogP contribution in [0.15, 0.2) is 29.2 Å². The Morgan fingerprint density at radius 3 is 2.52 bits per heavy atom. The van der Waals surface area contributed by atoms with Crippen molar-refractivity contribution in [3.63, 3.8) is 0 Å². The molecule has 0 spiro atoms. The van der Waals surface area contributed by atoms with E-state index in [1.807, 2.05) is 0 Å². The Labute approximate surface area is 138 Å². The Morgan fingerprint density at radius 1 is 1.30 bits per heavy atom.